The van der Waals surface area contributed by atoms with Crippen LogP contribution in [0.15, 0.2) is 35.4 Å². The molecule has 2 aromatic heterocycles. The molecule has 3 aromatic rings. The van der Waals surface area contributed by atoms with Gasteiger partial charge in [-0.3, -0.25) is 19.0 Å². The van der Waals surface area contributed by atoms with E-state index in [4.69, 9.17) is 4.74 Å². The molecule has 1 atom stereocenters. The lowest BCUT2D eigenvalue weighted by atomic mass is 9.97. The van der Waals surface area contributed by atoms with Gasteiger partial charge in [0.2, 0.25) is 11.8 Å². The first kappa shape index (κ1) is 23.7. The van der Waals surface area contributed by atoms with Crippen LogP contribution in [0.5, 0.6) is 5.75 Å². The fourth-order valence-corrected chi connectivity index (χ4v) is 4.96. The summed E-state index contributed by atoms with van der Waals surface area (Å²) in [6.45, 7) is 4.03. The molecule has 34 heavy (non-hydrogen) atoms. The Morgan fingerprint density at radius 2 is 2.15 bits per heavy atom. The van der Waals surface area contributed by atoms with Gasteiger partial charge in [0.05, 0.1) is 13.0 Å². The number of nitrogens with one attached hydrogen (secondary N) is 2. The number of benzene rings is 1. The van der Waals surface area contributed by atoms with Crippen molar-refractivity contribution in [1.82, 2.24) is 25.2 Å². The van der Waals surface area contributed by atoms with Crippen LogP contribution in [-0.4, -0.2) is 53.1 Å². The highest BCUT2D eigenvalue weighted by molar-refractivity contribution is 7.22. The van der Waals surface area contributed by atoms with E-state index >= 15 is 0 Å². The maximum Gasteiger partial charge on any atom is 0.273 e. The number of thiazole rings is 1. The zero-order valence-electron chi connectivity index (χ0n) is 19.2. The number of fused-ring (bicyclic) bond motifs is 1. The summed E-state index contributed by atoms with van der Waals surface area (Å²) in [6.07, 6.45) is 3.07. The molecule has 1 fully saturated rings. The molecule has 11 heteroatoms. The lowest BCUT2D eigenvalue weighted by Crippen LogP contribution is -2.43. The second kappa shape index (κ2) is 10.6. The molecule has 180 valence electrons. The summed E-state index contributed by atoms with van der Waals surface area (Å²) in [6, 6.07) is 7.41. The Morgan fingerprint density at radius 3 is 2.94 bits per heavy atom. The van der Waals surface area contributed by atoms with Crippen LogP contribution in [0.2, 0.25) is 0 Å². The van der Waals surface area contributed by atoms with E-state index in [1.54, 1.807) is 7.11 Å². The lowest BCUT2D eigenvalue weighted by molar-refractivity contribution is -0.125. The summed E-state index contributed by atoms with van der Waals surface area (Å²) in [7, 11) is 1.59. The molecule has 0 aliphatic carbocycles. The Hall–Kier alpha value is -3.47. The quantitative estimate of drug-likeness (QED) is 0.498. The smallest absolute Gasteiger partial charge is 0.273 e. The van der Waals surface area contributed by atoms with E-state index in [1.807, 2.05) is 36.1 Å². The lowest BCUT2D eigenvalue weighted by Gasteiger charge is -2.31. The number of ether oxygens (including phenoxy) is 1. The van der Waals surface area contributed by atoms with Crippen molar-refractivity contribution in [3.63, 3.8) is 0 Å². The molecule has 3 heterocycles. The molecule has 10 nitrogen and oxygen atoms in total. The predicted molar refractivity (Wildman–Crippen MR) is 130 cm³/mol. The highest BCUT2D eigenvalue weighted by Crippen LogP contribution is 2.29. The van der Waals surface area contributed by atoms with E-state index in [-0.39, 0.29) is 29.8 Å². The summed E-state index contributed by atoms with van der Waals surface area (Å²) in [5.74, 6) is 0.369. The predicted octanol–water partition coefficient (Wildman–Crippen LogP) is 1.53. The molecule has 0 spiro atoms. The van der Waals surface area contributed by atoms with Crippen molar-refractivity contribution in [2.24, 2.45) is 5.92 Å². The third kappa shape index (κ3) is 5.36. The number of aromatic nitrogens is 3. The van der Waals surface area contributed by atoms with Crippen LogP contribution in [0.3, 0.4) is 0 Å². The van der Waals surface area contributed by atoms with Crippen molar-refractivity contribution in [3.8, 4) is 5.75 Å². The highest BCUT2D eigenvalue weighted by atomic mass is 32.1. The average molecular weight is 485 g/mol. The number of hydrogen-bond acceptors (Lipinski definition) is 8. The normalized spacial score (nSPS) is 15.8. The van der Waals surface area contributed by atoms with Gasteiger partial charge in [0.25, 0.3) is 5.56 Å². The molecule has 0 radical (unpaired) electrons. The van der Waals surface area contributed by atoms with Crippen LogP contribution < -0.4 is 25.8 Å². The molecule has 0 bridgehead atoms. The van der Waals surface area contributed by atoms with Gasteiger partial charge in [-0.1, -0.05) is 23.5 Å². The van der Waals surface area contributed by atoms with Crippen molar-refractivity contribution in [2.75, 3.05) is 31.6 Å². The van der Waals surface area contributed by atoms with Crippen molar-refractivity contribution in [3.05, 3.63) is 46.5 Å². The van der Waals surface area contributed by atoms with E-state index in [9.17, 15) is 14.4 Å². The molecule has 2 N–H and O–H groups in total. The second-order valence-corrected chi connectivity index (χ2v) is 9.11. The number of piperidine rings is 1. The Balaban J connectivity index is 1.44. The fourth-order valence-electron chi connectivity index (χ4n) is 3.96. The number of hydrogen-bond donors (Lipinski definition) is 2. The van der Waals surface area contributed by atoms with Gasteiger partial charge < -0.3 is 20.3 Å². The highest BCUT2D eigenvalue weighted by Gasteiger charge is 2.27. The first-order chi connectivity index (χ1) is 16.5. The molecule has 2 amide bonds. The van der Waals surface area contributed by atoms with Crippen LogP contribution >= 0.6 is 11.3 Å². The van der Waals surface area contributed by atoms with Crippen LogP contribution in [0.4, 0.5) is 5.13 Å². The Labute approximate surface area is 201 Å². The van der Waals surface area contributed by atoms with Gasteiger partial charge >= 0.3 is 0 Å². The zero-order valence-corrected chi connectivity index (χ0v) is 20.1. The van der Waals surface area contributed by atoms with E-state index in [0.29, 0.717) is 40.9 Å². The average Bonchev–Trinajstić information content (AvgIpc) is 3.30. The largest absolute Gasteiger partial charge is 0.497 e. The number of carbonyl (C=O) groups excluding carboxylic acids is 2. The van der Waals surface area contributed by atoms with E-state index in [2.05, 4.69) is 20.6 Å². The molecular weight excluding hydrogens is 456 g/mol. The Bertz CT molecular complexity index is 1240. The summed E-state index contributed by atoms with van der Waals surface area (Å²) >= 11 is 1.25. The van der Waals surface area contributed by atoms with E-state index in [1.165, 1.54) is 22.2 Å². The number of methoxy groups -OCH3 is 1. The summed E-state index contributed by atoms with van der Waals surface area (Å²) in [4.78, 5) is 48.6. The van der Waals surface area contributed by atoms with Gasteiger partial charge in [0, 0.05) is 26.2 Å². The van der Waals surface area contributed by atoms with Crippen molar-refractivity contribution in [2.45, 2.75) is 32.9 Å². The van der Waals surface area contributed by atoms with Crippen LogP contribution in [0, 0.1) is 5.92 Å². The first-order valence-electron chi connectivity index (χ1n) is 11.3. The van der Waals surface area contributed by atoms with Gasteiger partial charge in [0.15, 0.2) is 10.8 Å². The molecule has 1 aliphatic rings. The third-order valence-corrected chi connectivity index (χ3v) is 6.82. The molecule has 0 unspecified atom stereocenters. The van der Waals surface area contributed by atoms with Gasteiger partial charge in [-0.05, 0) is 37.5 Å². The van der Waals surface area contributed by atoms with E-state index in [0.717, 1.165) is 24.9 Å². The summed E-state index contributed by atoms with van der Waals surface area (Å²) in [5, 5.41) is 6.37. The third-order valence-electron chi connectivity index (χ3n) is 5.72. The standard InChI is InChI=1S/C23H28N6O4S/c1-3-24-21(31)16-7-5-9-28(12-16)23-27-20-19(34-23)22(32)29(14-26-20)13-18(30)25-11-15-6-4-8-17(10-15)33-2/h4,6,8,10,14,16H,3,5,7,9,11-13H2,1-2H3,(H,24,31)(H,25,30)/t16-/m1/s1. The van der Waals surface area contributed by atoms with Crippen molar-refractivity contribution >= 4 is 38.6 Å². The minimum absolute atomic E-state index is 0.0498. The minimum atomic E-state index is -0.303. The topological polar surface area (TPSA) is 118 Å². The maximum absolute atomic E-state index is 13.0. The van der Waals surface area contributed by atoms with E-state index < -0.39 is 0 Å². The van der Waals surface area contributed by atoms with Crippen molar-refractivity contribution in [1.29, 1.82) is 0 Å². The number of nitrogens with zero attached hydrogens (tertiary/aromatic N) is 4. The van der Waals surface area contributed by atoms with Crippen LogP contribution in [0.25, 0.3) is 10.3 Å². The molecular formula is C23H28N6O4S. The number of amides is 2. The van der Waals surface area contributed by atoms with Gasteiger partial charge in [-0.25, -0.2) is 4.98 Å². The molecule has 1 aromatic carbocycles. The van der Waals surface area contributed by atoms with Gasteiger partial charge in [-0.15, -0.1) is 0 Å². The van der Waals surface area contributed by atoms with Crippen LogP contribution in [0.1, 0.15) is 25.3 Å². The van der Waals surface area contributed by atoms with Crippen molar-refractivity contribution < 1.29 is 14.3 Å². The Kier molecular flexibility index (Phi) is 7.41. The number of rotatable bonds is 8. The summed E-state index contributed by atoms with van der Waals surface area (Å²) in [5.41, 5.74) is 0.953. The minimum Gasteiger partial charge on any atom is -0.497 e. The first-order valence-corrected chi connectivity index (χ1v) is 12.1. The monoisotopic (exact) mass is 484 g/mol. The maximum atomic E-state index is 13.0. The molecule has 1 aliphatic heterocycles. The Morgan fingerprint density at radius 1 is 1.29 bits per heavy atom. The van der Waals surface area contributed by atoms with Gasteiger partial charge in [-0.2, -0.15) is 4.98 Å². The SMILES string of the molecule is CCNC(=O)[C@@H]1CCCN(c2nc3ncn(CC(=O)NCc4cccc(OC)c4)c(=O)c3s2)C1. The number of carbonyl (C=O) groups is 2. The second-order valence-electron chi connectivity index (χ2n) is 8.13. The fraction of sp³-hybridized carbons (Fsp3) is 0.435. The molecule has 1 saturated heterocycles. The number of anilines is 1. The van der Waals surface area contributed by atoms with Crippen LogP contribution in [-0.2, 0) is 22.7 Å². The van der Waals surface area contributed by atoms with Gasteiger partial charge in [0.1, 0.15) is 23.3 Å². The summed E-state index contributed by atoms with van der Waals surface area (Å²) < 4.78 is 6.89. The zero-order chi connectivity index (χ0) is 24.1. The molecule has 4 rings (SSSR count). The molecule has 0 saturated carbocycles.